The Kier molecular flexibility index (Phi) is 8.91. The van der Waals surface area contributed by atoms with Gasteiger partial charge in [-0.1, -0.05) is 12.5 Å². The summed E-state index contributed by atoms with van der Waals surface area (Å²) in [5.41, 5.74) is 0.760. The number of carbonyl (C=O) groups is 1. The van der Waals surface area contributed by atoms with Gasteiger partial charge in [0.1, 0.15) is 5.75 Å². The lowest BCUT2D eigenvalue weighted by Crippen LogP contribution is -2.28. The van der Waals surface area contributed by atoms with Crippen molar-refractivity contribution in [1.82, 2.24) is 5.32 Å². The number of carbonyl (C=O) groups excluding carboxylic acids is 1. The van der Waals surface area contributed by atoms with E-state index in [1.54, 1.807) is 13.2 Å². The minimum absolute atomic E-state index is 0.0256. The number of nitrogens with one attached hydrogen (secondary N) is 2. The molecule has 1 aromatic rings. The van der Waals surface area contributed by atoms with Gasteiger partial charge in [0.2, 0.25) is 5.91 Å². The first-order valence-electron chi connectivity index (χ1n) is 6.90. The monoisotopic (exact) mass is 296 g/mol. The van der Waals surface area contributed by atoms with Gasteiger partial charge in [-0.05, 0) is 43.5 Å². The van der Waals surface area contributed by atoms with Gasteiger partial charge in [0.25, 0.3) is 0 Å². The van der Waals surface area contributed by atoms with E-state index in [0.717, 1.165) is 24.4 Å². The number of anilines is 1. The van der Waals surface area contributed by atoms with Crippen molar-refractivity contribution in [3.05, 3.63) is 24.3 Å². The molecule has 0 saturated carbocycles. The van der Waals surface area contributed by atoms with Crippen molar-refractivity contribution in [2.75, 3.05) is 37.5 Å². The van der Waals surface area contributed by atoms with Crippen LogP contribution in [0.15, 0.2) is 24.3 Å². The van der Waals surface area contributed by atoms with Crippen LogP contribution >= 0.6 is 11.8 Å². The summed E-state index contributed by atoms with van der Waals surface area (Å²) in [5.74, 6) is 1.93. The molecule has 1 aromatic carbocycles. The van der Waals surface area contributed by atoms with Crippen LogP contribution in [0, 0.1) is 0 Å². The molecule has 1 amide bonds. The average Bonchev–Trinajstić information content (AvgIpc) is 2.46. The molecule has 0 unspecified atom stereocenters. The highest BCUT2D eigenvalue weighted by Crippen LogP contribution is 2.16. The van der Waals surface area contributed by atoms with Gasteiger partial charge >= 0.3 is 0 Å². The summed E-state index contributed by atoms with van der Waals surface area (Å²) in [6.45, 7) is 1.24. The van der Waals surface area contributed by atoms with Crippen LogP contribution in [0.25, 0.3) is 0 Å². The molecule has 1 rings (SSSR count). The highest BCUT2D eigenvalue weighted by molar-refractivity contribution is 7.98. The summed E-state index contributed by atoms with van der Waals surface area (Å²) < 4.78 is 5.11. The van der Waals surface area contributed by atoms with Crippen LogP contribution in [0.3, 0.4) is 0 Å². The molecule has 0 bridgehead atoms. The molecule has 0 atom stereocenters. The molecule has 4 nitrogen and oxygen atoms in total. The number of amides is 1. The van der Waals surface area contributed by atoms with Crippen LogP contribution in [0.5, 0.6) is 5.75 Å². The zero-order valence-electron chi connectivity index (χ0n) is 12.3. The predicted octanol–water partition coefficient (Wildman–Crippen LogP) is 2.76. The lowest BCUT2D eigenvalue weighted by Gasteiger charge is -2.08. The number of unbranched alkanes of at least 4 members (excludes halogenated alkanes) is 2. The van der Waals surface area contributed by atoms with Gasteiger partial charge in [-0.15, -0.1) is 0 Å². The smallest absolute Gasteiger partial charge is 0.238 e. The summed E-state index contributed by atoms with van der Waals surface area (Å²) in [5, 5.41) is 6.00. The molecule has 5 heteroatoms. The van der Waals surface area contributed by atoms with E-state index >= 15 is 0 Å². The van der Waals surface area contributed by atoms with Gasteiger partial charge in [-0.3, -0.25) is 4.79 Å². The van der Waals surface area contributed by atoms with Gasteiger partial charge in [-0.2, -0.15) is 11.8 Å². The number of hydrogen-bond acceptors (Lipinski definition) is 4. The SMILES string of the molecule is COc1cccc(NC(=O)CNCCCCCSC)c1. The van der Waals surface area contributed by atoms with Crippen molar-refractivity contribution in [1.29, 1.82) is 0 Å². The average molecular weight is 296 g/mol. The van der Waals surface area contributed by atoms with Crippen molar-refractivity contribution in [3.8, 4) is 5.75 Å². The molecule has 2 N–H and O–H groups in total. The van der Waals surface area contributed by atoms with E-state index in [-0.39, 0.29) is 5.91 Å². The van der Waals surface area contributed by atoms with Gasteiger partial charge in [0.05, 0.1) is 13.7 Å². The zero-order valence-corrected chi connectivity index (χ0v) is 13.1. The van der Waals surface area contributed by atoms with Gasteiger partial charge in [0, 0.05) is 11.8 Å². The van der Waals surface area contributed by atoms with E-state index < -0.39 is 0 Å². The summed E-state index contributed by atoms with van der Waals surface area (Å²) >= 11 is 1.88. The third kappa shape index (κ3) is 7.40. The maximum absolute atomic E-state index is 11.7. The summed E-state index contributed by atoms with van der Waals surface area (Å²) in [6, 6.07) is 7.36. The van der Waals surface area contributed by atoms with Crippen LogP contribution < -0.4 is 15.4 Å². The quantitative estimate of drug-likeness (QED) is 0.652. The highest BCUT2D eigenvalue weighted by Gasteiger charge is 2.02. The highest BCUT2D eigenvalue weighted by atomic mass is 32.2. The normalized spacial score (nSPS) is 10.3. The van der Waals surface area contributed by atoms with Gasteiger partial charge in [-0.25, -0.2) is 0 Å². The molecule has 0 heterocycles. The predicted molar refractivity (Wildman–Crippen MR) is 86.7 cm³/mol. The standard InChI is InChI=1S/C15H24N2O2S/c1-19-14-8-6-7-13(11-14)17-15(18)12-16-9-4-3-5-10-20-2/h6-8,11,16H,3-5,9-10,12H2,1-2H3,(H,17,18). The van der Waals surface area contributed by atoms with E-state index in [0.29, 0.717) is 6.54 Å². The molecule has 0 aliphatic heterocycles. The van der Waals surface area contributed by atoms with Crippen molar-refractivity contribution >= 4 is 23.4 Å². The minimum atomic E-state index is -0.0256. The lowest BCUT2D eigenvalue weighted by atomic mass is 10.2. The molecule has 0 aromatic heterocycles. The first-order valence-corrected chi connectivity index (χ1v) is 8.29. The first-order chi connectivity index (χ1) is 9.76. The molecular weight excluding hydrogens is 272 g/mol. The van der Waals surface area contributed by atoms with E-state index in [1.807, 2.05) is 30.0 Å². The number of rotatable bonds is 10. The summed E-state index contributed by atoms with van der Waals surface area (Å²) in [4.78, 5) is 11.7. The molecule has 0 aliphatic rings. The third-order valence-electron chi connectivity index (χ3n) is 2.84. The van der Waals surface area contributed by atoms with Crippen LogP contribution in [-0.4, -0.2) is 38.1 Å². The largest absolute Gasteiger partial charge is 0.497 e. The molecular formula is C15H24N2O2S. The maximum atomic E-state index is 11.7. The second-order valence-electron chi connectivity index (χ2n) is 4.51. The molecule has 0 aliphatic carbocycles. The molecule has 20 heavy (non-hydrogen) atoms. The third-order valence-corrected chi connectivity index (χ3v) is 3.54. The Hall–Kier alpha value is -1.20. The minimum Gasteiger partial charge on any atom is -0.497 e. The Morgan fingerprint density at radius 1 is 1.30 bits per heavy atom. The number of benzene rings is 1. The van der Waals surface area contributed by atoms with Crippen molar-refractivity contribution in [3.63, 3.8) is 0 Å². The number of methoxy groups -OCH3 is 1. The fourth-order valence-corrected chi connectivity index (χ4v) is 2.27. The number of hydrogen-bond donors (Lipinski definition) is 2. The fourth-order valence-electron chi connectivity index (χ4n) is 1.78. The molecule has 0 fully saturated rings. The van der Waals surface area contributed by atoms with E-state index in [9.17, 15) is 4.79 Å². The number of thioether (sulfide) groups is 1. The first kappa shape index (κ1) is 16.9. The van der Waals surface area contributed by atoms with Crippen LogP contribution in [0.2, 0.25) is 0 Å². The Balaban J connectivity index is 2.13. The lowest BCUT2D eigenvalue weighted by molar-refractivity contribution is -0.115. The maximum Gasteiger partial charge on any atom is 0.238 e. The van der Waals surface area contributed by atoms with Crippen molar-refractivity contribution < 1.29 is 9.53 Å². The Morgan fingerprint density at radius 3 is 2.90 bits per heavy atom. The van der Waals surface area contributed by atoms with Gasteiger partial charge in [0.15, 0.2) is 0 Å². The zero-order chi connectivity index (χ0) is 14.6. The van der Waals surface area contributed by atoms with E-state index in [1.165, 1.54) is 18.6 Å². The van der Waals surface area contributed by atoms with E-state index in [4.69, 9.17) is 4.74 Å². The van der Waals surface area contributed by atoms with Crippen LogP contribution in [-0.2, 0) is 4.79 Å². The van der Waals surface area contributed by atoms with Crippen LogP contribution in [0.1, 0.15) is 19.3 Å². The Labute approximate surface area is 125 Å². The Morgan fingerprint density at radius 2 is 2.15 bits per heavy atom. The topological polar surface area (TPSA) is 50.4 Å². The van der Waals surface area contributed by atoms with E-state index in [2.05, 4.69) is 16.9 Å². The molecule has 112 valence electrons. The summed E-state index contributed by atoms with van der Waals surface area (Å²) in [7, 11) is 1.61. The fraction of sp³-hybridized carbons (Fsp3) is 0.533. The Bertz CT molecular complexity index is 399. The van der Waals surface area contributed by atoms with Crippen molar-refractivity contribution in [2.45, 2.75) is 19.3 Å². The van der Waals surface area contributed by atoms with Crippen molar-refractivity contribution in [2.24, 2.45) is 0 Å². The van der Waals surface area contributed by atoms with Gasteiger partial charge < -0.3 is 15.4 Å². The summed E-state index contributed by atoms with van der Waals surface area (Å²) in [6.07, 6.45) is 5.71. The molecule has 0 radical (unpaired) electrons. The second kappa shape index (κ2) is 10.6. The molecule has 0 saturated heterocycles. The number of ether oxygens (including phenoxy) is 1. The van der Waals surface area contributed by atoms with Crippen LogP contribution in [0.4, 0.5) is 5.69 Å². The molecule has 0 spiro atoms. The second-order valence-corrected chi connectivity index (χ2v) is 5.50.